The van der Waals surface area contributed by atoms with Crippen molar-refractivity contribution in [3.8, 4) is 5.75 Å². The fraction of sp³-hybridized carbons (Fsp3) is 0.353. The highest BCUT2D eigenvalue weighted by atomic mass is 35.5. The first-order valence-corrected chi connectivity index (χ1v) is 8.01. The van der Waals surface area contributed by atoms with Gasteiger partial charge in [0.2, 0.25) is 0 Å². The van der Waals surface area contributed by atoms with Crippen LogP contribution in [0, 0.1) is 6.92 Å². The van der Waals surface area contributed by atoms with Gasteiger partial charge in [0, 0.05) is 6.20 Å². The molecular formula is C17H20ClN3O4. The summed E-state index contributed by atoms with van der Waals surface area (Å²) in [5.41, 5.74) is 0.120. The van der Waals surface area contributed by atoms with E-state index in [9.17, 15) is 14.7 Å². The Balaban J connectivity index is 2.06. The number of anilines is 1. The molecule has 1 heterocycles. The molecule has 0 fully saturated rings. The third-order valence-corrected chi connectivity index (χ3v) is 4.02. The molecule has 8 heteroatoms. The molecule has 0 saturated carbocycles. The van der Waals surface area contributed by atoms with E-state index < -0.39 is 23.5 Å². The van der Waals surface area contributed by atoms with E-state index in [-0.39, 0.29) is 0 Å². The van der Waals surface area contributed by atoms with Gasteiger partial charge in [-0.1, -0.05) is 17.7 Å². The van der Waals surface area contributed by atoms with Crippen molar-refractivity contribution in [2.45, 2.75) is 39.3 Å². The predicted octanol–water partition coefficient (Wildman–Crippen LogP) is 3.07. The summed E-state index contributed by atoms with van der Waals surface area (Å²) in [6.07, 6.45) is 2.04. The molecule has 1 unspecified atom stereocenters. The first-order valence-electron chi connectivity index (χ1n) is 7.63. The number of hydrogen-bond donors (Lipinski definition) is 2. The molecule has 1 atom stereocenters. The van der Waals surface area contributed by atoms with Crippen molar-refractivity contribution in [2.75, 3.05) is 5.32 Å². The second kappa shape index (κ2) is 7.14. The van der Waals surface area contributed by atoms with E-state index in [0.717, 1.165) is 5.56 Å². The number of carbonyl (C=O) groups excluding carboxylic acids is 1. The molecule has 2 aromatic rings. The molecule has 0 spiro atoms. The molecule has 0 aliphatic rings. The normalized spacial score (nSPS) is 12.5. The Morgan fingerprint density at radius 1 is 1.40 bits per heavy atom. The SMILES string of the molecule is Cc1ccc(Cl)c(OC(C)C(=O)Nc2cnn(C(C)(C)C(=O)O)c2)c1. The van der Waals surface area contributed by atoms with Crippen molar-refractivity contribution in [2.24, 2.45) is 0 Å². The minimum Gasteiger partial charge on any atom is -0.479 e. The van der Waals surface area contributed by atoms with Crippen LogP contribution in [0.15, 0.2) is 30.6 Å². The van der Waals surface area contributed by atoms with Gasteiger partial charge in [-0.3, -0.25) is 9.48 Å². The summed E-state index contributed by atoms with van der Waals surface area (Å²) in [5, 5.41) is 16.3. The summed E-state index contributed by atoms with van der Waals surface area (Å²) in [4.78, 5) is 23.5. The Hall–Kier alpha value is -2.54. The zero-order valence-electron chi connectivity index (χ0n) is 14.4. The number of nitrogens with one attached hydrogen (secondary N) is 1. The molecule has 0 radical (unpaired) electrons. The van der Waals surface area contributed by atoms with Gasteiger partial charge in [0.15, 0.2) is 11.6 Å². The average Bonchev–Trinajstić information content (AvgIpc) is 2.99. The number of carboxylic acids is 1. The van der Waals surface area contributed by atoms with Gasteiger partial charge in [-0.2, -0.15) is 5.10 Å². The number of nitrogens with zero attached hydrogens (tertiary/aromatic N) is 2. The van der Waals surface area contributed by atoms with Crippen LogP contribution in [0.25, 0.3) is 0 Å². The lowest BCUT2D eigenvalue weighted by Crippen LogP contribution is -2.36. The molecule has 0 aliphatic heterocycles. The monoisotopic (exact) mass is 365 g/mol. The number of carboxylic acid groups (broad SMARTS) is 1. The summed E-state index contributed by atoms with van der Waals surface area (Å²) in [7, 11) is 0. The molecule has 2 rings (SSSR count). The largest absolute Gasteiger partial charge is 0.479 e. The van der Waals surface area contributed by atoms with Crippen LogP contribution in [0.5, 0.6) is 5.75 Å². The summed E-state index contributed by atoms with van der Waals surface area (Å²) < 4.78 is 6.88. The van der Waals surface area contributed by atoms with E-state index in [0.29, 0.717) is 16.5 Å². The summed E-state index contributed by atoms with van der Waals surface area (Å²) >= 11 is 6.06. The Morgan fingerprint density at radius 2 is 2.08 bits per heavy atom. The lowest BCUT2D eigenvalue weighted by Gasteiger charge is -2.19. The second-order valence-corrected chi connectivity index (χ2v) is 6.63. The van der Waals surface area contributed by atoms with Crippen molar-refractivity contribution in [3.63, 3.8) is 0 Å². The van der Waals surface area contributed by atoms with Crippen molar-refractivity contribution < 1.29 is 19.4 Å². The van der Waals surface area contributed by atoms with Gasteiger partial charge >= 0.3 is 5.97 Å². The molecule has 7 nitrogen and oxygen atoms in total. The Kier molecular flexibility index (Phi) is 5.37. The number of aromatic nitrogens is 2. The predicted molar refractivity (Wildman–Crippen MR) is 94.1 cm³/mol. The minimum atomic E-state index is -1.22. The Bertz CT molecular complexity index is 801. The van der Waals surface area contributed by atoms with E-state index in [1.807, 2.05) is 13.0 Å². The van der Waals surface area contributed by atoms with Crippen LogP contribution in [-0.4, -0.2) is 32.9 Å². The topological polar surface area (TPSA) is 93.5 Å². The smallest absolute Gasteiger partial charge is 0.331 e. The number of aliphatic carboxylic acids is 1. The number of hydrogen-bond acceptors (Lipinski definition) is 4. The molecule has 0 saturated heterocycles. The first kappa shape index (κ1) is 18.8. The number of carbonyl (C=O) groups is 2. The standard InChI is InChI=1S/C17H20ClN3O4/c1-10-5-6-13(18)14(7-10)25-11(2)15(22)20-12-8-19-21(9-12)17(3,4)16(23)24/h5-9,11H,1-4H3,(H,20,22)(H,23,24). The lowest BCUT2D eigenvalue weighted by atomic mass is 10.1. The number of rotatable bonds is 6. The van der Waals surface area contributed by atoms with Crippen LogP contribution in [0.3, 0.4) is 0 Å². The lowest BCUT2D eigenvalue weighted by molar-refractivity contribution is -0.146. The Labute approximate surface area is 150 Å². The van der Waals surface area contributed by atoms with Gasteiger partial charge in [-0.25, -0.2) is 4.79 Å². The van der Waals surface area contributed by atoms with Crippen molar-refractivity contribution >= 4 is 29.2 Å². The molecule has 1 aromatic carbocycles. The van der Waals surface area contributed by atoms with Crippen LogP contribution >= 0.6 is 11.6 Å². The molecule has 0 aliphatic carbocycles. The zero-order chi connectivity index (χ0) is 18.8. The summed E-state index contributed by atoms with van der Waals surface area (Å²) in [6, 6.07) is 5.30. The molecular weight excluding hydrogens is 346 g/mol. The fourth-order valence-electron chi connectivity index (χ4n) is 1.98. The van der Waals surface area contributed by atoms with Crippen LogP contribution in [0.4, 0.5) is 5.69 Å². The van der Waals surface area contributed by atoms with E-state index >= 15 is 0 Å². The number of halogens is 1. The highest BCUT2D eigenvalue weighted by Gasteiger charge is 2.30. The molecule has 1 aromatic heterocycles. The van der Waals surface area contributed by atoms with Crippen molar-refractivity contribution in [1.82, 2.24) is 9.78 Å². The van der Waals surface area contributed by atoms with E-state index in [4.69, 9.17) is 16.3 Å². The van der Waals surface area contributed by atoms with E-state index in [1.54, 1.807) is 19.1 Å². The summed E-state index contributed by atoms with van der Waals surface area (Å²) in [6.45, 7) is 6.52. The van der Waals surface area contributed by atoms with Gasteiger partial charge in [-0.05, 0) is 45.4 Å². The molecule has 0 bridgehead atoms. The molecule has 25 heavy (non-hydrogen) atoms. The maximum absolute atomic E-state index is 12.3. The number of ether oxygens (including phenoxy) is 1. The van der Waals surface area contributed by atoms with Crippen LogP contribution in [0.2, 0.25) is 5.02 Å². The van der Waals surface area contributed by atoms with Crippen LogP contribution in [-0.2, 0) is 15.1 Å². The van der Waals surface area contributed by atoms with Gasteiger partial charge < -0.3 is 15.2 Å². The van der Waals surface area contributed by atoms with Gasteiger partial charge in [0.05, 0.1) is 16.9 Å². The van der Waals surface area contributed by atoms with Gasteiger partial charge in [-0.15, -0.1) is 0 Å². The fourth-order valence-corrected chi connectivity index (χ4v) is 2.14. The quantitative estimate of drug-likeness (QED) is 0.820. The molecule has 134 valence electrons. The van der Waals surface area contributed by atoms with Crippen molar-refractivity contribution in [1.29, 1.82) is 0 Å². The highest BCUT2D eigenvalue weighted by Crippen LogP contribution is 2.26. The maximum Gasteiger partial charge on any atom is 0.331 e. The molecule has 1 amide bonds. The Morgan fingerprint density at radius 3 is 2.72 bits per heavy atom. The van der Waals surface area contributed by atoms with Crippen molar-refractivity contribution in [3.05, 3.63) is 41.2 Å². The van der Waals surface area contributed by atoms with Crippen LogP contribution in [0.1, 0.15) is 26.3 Å². The third kappa shape index (κ3) is 4.30. The van der Waals surface area contributed by atoms with Gasteiger partial charge in [0.1, 0.15) is 5.75 Å². The number of aryl methyl sites for hydroxylation is 1. The van der Waals surface area contributed by atoms with E-state index in [2.05, 4.69) is 10.4 Å². The number of benzene rings is 1. The first-order chi connectivity index (χ1) is 11.6. The third-order valence-electron chi connectivity index (χ3n) is 3.71. The minimum absolute atomic E-state index is 0.380. The average molecular weight is 366 g/mol. The van der Waals surface area contributed by atoms with Gasteiger partial charge in [0.25, 0.3) is 5.91 Å². The maximum atomic E-state index is 12.3. The second-order valence-electron chi connectivity index (χ2n) is 6.22. The van der Waals surface area contributed by atoms with Crippen LogP contribution < -0.4 is 10.1 Å². The summed E-state index contributed by atoms with van der Waals surface area (Å²) in [5.74, 6) is -1.00. The highest BCUT2D eigenvalue weighted by molar-refractivity contribution is 6.32. The zero-order valence-corrected chi connectivity index (χ0v) is 15.2. The number of amides is 1. The van der Waals surface area contributed by atoms with E-state index in [1.165, 1.54) is 30.9 Å². The molecule has 2 N–H and O–H groups in total.